The van der Waals surface area contributed by atoms with Crippen LogP contribution in [0.2, 0.25) is 0 Å². The van der Waals surface area contributed by atoms with E-state index < -0.39 is 138 Å². The molecule has 6 heterocycles. The fourth-order valence-corrected chi connectivity index (χ4v) is 22.4. The number of benzene rings is 6. The van der Waals surface area contributed by atoms with Gasteiger partial charge in [0.2, 0.25) is 30.1 Å². The first-order valence-electron chi connectivity index (χ1n) is 44.5. The van der Waals surface area contributed by atoms with Gasteiger partial charge in [-0.1, -0.05) is 92.3 Å². The molecule has 0 bridgehead atoms. The van der Waals surface area contributed by atoms with Crippen LogP contribution in [0.25, 0.3) is 0 Å². The van der Waals surface area contributed by atoms with Gasteiger partial charge in [0.1, 0.15) is 41.8 Å². The summed E-state index contributed by atoms with van der Waals surface area (Å²) in [4.78, 5) is 107. The number of aliphatic hydroxyl groups is 2. The molecule has 42 nitrogen and oxygen atoms in total. The van der Waals surface area contributed by atoms with Crippen molar-refractivity contribution < 1.29 is 155 Å². The molecule has 6 aliphatic heterocycles. The highest BCUT2D eigenvalue weighted by molar-refractivity contribution is 7.89. The molecule has 6 fully saturated rings. The van der Waals surface area contributed by atoms with Gasteiger partial charge in [-0.2, -0.15) is 12.9 Å². The quantitative estimate of drug-likeness (QED) is 0.0132. The number of hydrogen-bond acceptors (Lipinski definition) is 30. The number of aliphatic hydroxyl groups excluding tert-OH is 2. The Morgan fingerprint density at radius 1 is 0.442 bits per heavy atom. The van der Waals surface area contributed by atoms with Crippen LogP contribution in [0.4, 0.5) is 14.4 Å². The smallest absolute Gasteiger partial charge is 0.408 e. The van der Waals surface area contributed by atoms with Crippen molar-refractivity contribution in [3.63, 3.8) is 0 Å². The molecule has 6 aliphatic rings. The minimum absolute atomic E-state index is 0. The van der Waals surface area contributed by atoms with Crippen molar-refractivity contribution in [2.45, 2.75) is 177 Å². The van der Waals surface area contributed by atoms with E-state index in [-0.39, 0.29) is 159 Å². The van der Waals surface area contributed by atoms with Gasteiger partial charge in [-0.25, -0.2) is 39.6 Å². The number of carbonyl (C=O) groups excluding carboxylic acids is 4. The van der Waals surface area contributed by atoms with Crippen LogP contribution in [0, 0.1) is 41.4 Å². The maximum absolute atomic E-state index is 13.7. The summed E-state index contributed by atoms with van der Waals surface area (Å²) in [6.45, 7) is 16.1. The Morgan fingerprint density at radius 2 is 0.754 bits per heavy atom. The van der Waals surface area contributed by atoms with E-state index in [9.17, 15) is 87.9 Å². The number of hydrogen-bond donors (Lipinski definition) is 13. The van der Waals surface area contributed by atoms with Gasteiger partial charge >= 0.3 is 41.1 Å². The van der Waals surface area contributed by atoms with Gasteiger partial charge in [-0.3, -0.25) is 18.6 Å². The number of nitrogens with zero attached hydrogens (tertiary/aromatic N) is 4. The van der Waals surface area contributed by atoms with Crippen LogP contribution in [0.15, 0.2) is 160 Å². The van der Waals surface area contributed by atoms with Gasteiger partial charge in [0.25, 0.3) is 0 Å². The summed E-state index contributed by atoms with van der Waals surface area (Å²) in [5.41, 5.74) is 7.60. The van der Waals surface area contributed by atoms with E-state index in [4.69, 9.17) is 72.4 Å². The first kappa shape index (κ1) is 115. The number of nitrogens with one attached hydrogen (secondary N) is 4. The molecule has 3 amide bonds. The topological polar surface area (TPSA) is 582 Å². The van der Waals surface area contributed by atoms with Crippen molar-refractivity contribution in [3.8, 4) is 17.2 Å². The molecule has 12 rings (SSSR count). The fourth-order valence-electron chi connectivity index (χ4n) is 15.8. The molecule has 0 aliphatic carbocycles. The first-order chi connectivity index (χ1) is 64.6. The lowest BCUT2D eigenvalue weighted by Gasteiger charge is -2.32. The summed E-state index contributed by atoms with van der Waals surface area (Å²) in [6.07, 6.45) is -4.98. The Morgan fingerprint density at radius 3 is 1.07 bits per heavy atom. The Balaban J connectivity index is 0.000000240. The normalized spacial score (nSPS) is 21.1. The predicted octanol–water partition coefficient (Wildman–Crippen LogP) is 5.26. The zero-order valence-corrected chi connectivity index (χ0v) is 83.3. The number of rotatable bonds is 43. The lowest BCUT2D eigenvalue weighted by atomic mass is 10.0. The van der Waals surface area contributed by atoms with E-state index in [0.29, 0.717) is 74.8 Å². The number of amides is 3. The van der Waals surface area contributed by atoms with Crippen LogP contribution in [-0.2, 0) is 111 Å². The number of carbonyl (C=O) groups is 4. The summed E-state index contributed by atoms with van der Waals surface area (Å²) in [5, 5.41) is 33.9. The summed E-state index contributed by atoms with van der Waals surface area (Å²) in [5.74, 6) is 0.755. The average molecular weight is 2060 g/mol. The lowest BCUT2D eigenvalue weighted by Crippen LogP contribution is -2.54. The average Bonchev–Trinajstić information content (AvgIpc) is 1.48. The molecule has 138 heavy (non-hydrogen) atoms. The third-order valence-electron chi connectivity index (χ3n) is 23.1. The summed E-state index contributed by atoms with van der Waals surface area (Å²) in [6, 6.07) is 32.8. The number of methoxy groups -OCH3 is 3. The third kappa shape index (κ3) is 33.8. The summed E-state index contributed by atoms with van der Waals surface area (Å²) in [7, 11) is -18.5. The zero-order chi connectivity index (χ0) is 100. The summed E-state index contributed by atoms with van der Waals surface area (Å²) >= 11 is 0. The van der Waals surface area contributed by atoms with E-state index in [1.54, 1.807) is 91.7 Å². The van der Waals surface area contributed by atoms with Gasteiger partial charge in [0, 0.05) is 72.0 Å². The molecule has 0 radical (unpaired) electrons. The second-order valence-corrected chi connectivity index (χ2v) is 45.8. The molecule has 14 N–H and O–H groups in total. The Labute approximate surface area is 806 Å². The Hall–Kier alpha value is -8.06. The SMILES string of the molecule is C.COc1ccc(S(=O)(=O)N(CC(C)C)C[C@@H](C)[C@H](C=O)NC(=O)O[C@H]2CO[C@H]3OCC[C@H]32)cc1.COc1ccc(S(=O)(=O)N(CC(C)C)C[C@@H](O)[C@H](CN(C)Cc2ccc(P(=O)(O)O)cc2)NC(=O)O[C@H]2CO[C@H]3OCC[C@H]32)cc1.COc1ccc(S(=O)(=O)N(CC(C)C)C[C@@H](O)[C@H](CNCc2ccc(P(=O)(O)O)cc2)NC(=O)O[C@H]2CO[C@H]3OCC[C@H]32)cc1.NCc1ccc(P(=O)(O)O)cc1. The molecule has 0 saturated carbocycles. The van der Waals surface area contributed by atoms with Crippen molar-refractivity contribution in [2.75, 3.05) is 120 Å². The second-order valence-electron chi connectivity index (χ2n) is 35.2. The number of alkyl carbamates (subject to hydrolysis) is 3. The molecular weight excluding hydrogens is 1920 g/mol. The second kappa shape index (κ2) is 52.8. The third-order valence-corrected chi connectivity index (χ3v) is 31.5. The molecule has 0 unspecified atom stereocenters. The molecule has 6 saturated heterocycles. The largest absolute Gasteiger partial charge is 0.497 e. The first-order valence-corrected chi connectivity index (χ1v) is 53.7. The number of aldehydes is 1. The Kier molecular flexibility index (Phi) is 44.1. The van der Waals surface area contributed by atoms with Crippen LogP contribution in [-0.4, -0.2) is 295 Å². The van der Waals surface area contributed by atoms with Crippen LogP contribution in [0.5, 0.6) is 17.2 Å². The van der Waals surface area contributed by atoms with Crippen molar-refractivity contribution in [2.24, 2.45) is 47.2 Å². The monoisotopic (exact) mass is 2060 g/mol. The highest BCUT2D eigenvalue weighted by atomic mass is 32.2. The zero-order valence-electron chi connectivity index (χ0n) is 78.2. The van der Waals surface area contributed by atoms with Gasteiger partial charge in [0.05, 0.1) is 140 Å². The molecule has 770 valence electrons. The van der Waals surface area contributed by atoms with E-state index in [1.807, 2.05) is 41.5 Å². The number of fused-ring (bicyclic) bond motifs is 3. The van der Waals surface area contributed by atoms with E-state index in [1.165, 1.54) is 107 Å². The van der Waals surface area contributed by atoms with Gasteiger partial charge in [-0.05, 0) is 176 Å². The number of ether oxygens (including phenoxy) is 12. The fraction of sp³-hybridized carbons (Fsp3) is 0.556. The lowest BCUT2D eigenvalue weighted by molar-refractivity contribution is -0.110. The number of likely N-dealkylation sites (N-methyl/N-ethyl adjacent to an activating group) is 1. The summed E-state index contributed by atoms with van der Waals surface area (Å²) < 4.78 is 184. The van der Waals surface area contributed by atoms with Crippen LogP contribution < -0.4 is 57.1 Å². The van der Waals surface area contributed by atoms with Crippen LogP contribution in [0.3, 0.4) is 0 Å². The standard InChI is InChI=1S/C30H44N3O11PS.C29H42N3O11PS.C23H34N2O8S.C7H10NO3P.CH4/c1-20(2)15-33(46(39,40)24-11-7-22(41-4)8-12-24)18-27(34)26(31-30(35)44-28-19-43-29-25(28)13-14-42-29)17-32(3)16-21-5-9-23(10-6-21)45(36,37)38;1-19(2)16-32(45(38,39)23-10-6-21(40-3)7-11-23)17-26(33)25(15-30-14-20-4-8-22(9-5-20)44(35,36)37)31-29(34)43-27-18-42-28-24(27)12-13-41-28;1-15(2)11-25(34(28,29)18-7-5-17(30-4)6-8-18)12-16(3)20(13-26)24-23(27)33-21-14-32-22-19(21)9-10-31-22;8-5-6-1-3-7(4-2-6)12(9,10)11;/h5-12,20,25-29,34H,13-19H2,1-4H3,(H,31,35)(H2,36,37,38);4-11,19,24-28,30,33H,12-18H2,1-3H3,(H,31,34)(H2,35,36,37);5-8,13,15-16,19-22H,9-12,14H2,1-4H3,(H,24,27);1-4H,5,8H2,(H2,9,10,11);1H4/t25-,26-,27+,28-,29+;24-,25-,26+,27-,28+;16-,19+,20+,21+,22-;;/m001../s1. The van der Waals surface area contributed by atoms with Crippen LogP contribution >= 0.6 is 22.8 Å². The highest BCUT2D eigenvalue weighted by Gasteiger charge is 2.48. The molecule has 6 aromatic carbocycles. The molecule has 48 heteroatoms. The van der Waals surface area contributed by atoms with E-state index >= 15 is 0 Å². The minimum Gasteiger partial charge on any atom is -0.497 e. The van der Waals surface area contributed by atoms with Crippen molar-refractivity contribution in [1.82, 2.24) is 39.1 Å². The minimum atomic E-state index is -4.39. The molecule has 0 spiro atoms. The Bertz CT molecular complexity index is 5350. The van der Waals surface area contributed by atoms with Crippen molar-refractivity contribution in [3.05, 3.63) is 162 Å². The van der Waals surface area contributed by atoms with Crippen LogP contribution in [0.1, 0.15) is 91.8 Å². The number of nitrogens with two attached hydrogens (primary N) is 1. The van der Waals surface area contributed by atoms with Crippen molar-refractivity contribution >= 4 is 93.3 Å². The van der Waals surface area contributed by atoms with Gasteiger partial charge in [0.15, 0.2) is 18.9 Å². The van der Waals surface area contributed by atoms with Crippen molar-refractivity contribution in [1.29, 1.82) is 0 Å². The molecular formula is C90H134N9O33P3S3. The maximum atomic E-state index is 13.7. The molecule has 15 atom stereocenters. The van der Waals surface area contributed by atoms with Gasteiger partial charge < -0.3 is 128 Å². The number of sulfonamides is 3. The maximum Gasteiger partial charge on any atom is 0.408 e. The molecule has 6 aromatic rings. The van der Waals surface area contributed by atoms with Gasteiger partial charge in [-0.15, -0.1) is 0 Å². The van der Waals surface area contributed by atoms with E-state index in [2.05, 4.69) is 21.3 Å². The van der Waals surface area contributed by atoms with E-state index in [0.717, 1.165) is 17.5 Å². The molecule has 0 aromatic heterocycles. The predicted molar refractivity (Wildman–Crippen MR) is 507 cm³/mol. The highest BCUT2D eigenvalue weighted by Crippen LogP contribution is 2.39.